The minimum Gasteiger partial charge on any atom is -0.494 e. The largest absolute Gasteiger partial charge is 0.494 e. The van der Waals surface area contributed by atoms with E-state index in [4.69, 9.17) is 10.5 Å². The monoisotopic (exact) mass is 267 g/mol. The molecular weight excluding hydrogens is 250 g/mol. The van der Waals surface area contributed by atoms with Crippen molar-refractivity contribution >= 4 is 11.5 Å². The molecule has 3 aromatic rings. The van der Waals surface area contributed by atoms with Crippen LogP contribution in [0.3, 0.4) is 0 Å². The van der Waals surface area contributed by atoms with Gasteiger partial charge in [-0.2, -0.15) is 0 Å². The molecule has 0 aliphatic heterocycles. The molecular formula is C16H17N3O. The van der Waals surface area contributed by atoms with Crippen molar-refractivity contribution in [1.29, 1.82) is 0 Å². The van der Waals surface area contributed by atoms with Gasteiger partial charge in [0.25, 0.3) is 0 Å². The number of hydrogen-bond donors (Lipinski definition) is 1. The number of benzene rings is 1. The van der Waals surface area contributed by atoms with Gasteiger partial charge in [-0.15, -0.1) is 0 Å². The third-order valence-electron chi connectivity index (χ3n) is 3.24. The van der Waals surface area contributed by atoms with Crippen LogP contribution in [0, 0.1) is 6.92 Å². The van der Waals surface area contributed by atoms with Gasteiger partial charge < -0.3 is 10.5 Å². The maximum Gasteiger partial charge on any atom is 0.139 e. The number of nitrogen functional groups attached to an aromatic ring is 1. The van der Waals surface area contributed by atoms with Crippen LogP contribution in [0.5, 0.6) is 5.75 Å². The highest BCUT2D eigenvalue weighted by Gasteiger charge is 2.11. The molecule has 0 spiro atoms. The molecule has 4 heteroatoms. The molecule has 4 nitrogen and oxygen atoms in total. The second kappa shape index (κ2) is 4.89. The number of pyridine rings is 1. The summed E-state index contributed by atoms with van der Waals surface area (Å²) in [6.45, 7) is 4.65. The molecule has 0 bridgehead atoms. The number of rotatable bonds is 3. The zero-order valence-corrected chi connectivity index (χ0v) is 11.6. The summed E-state index contributed by atoms with van der Waals surface area (Å²) in [4.78, 5) is 4.63. The van der Waals surface area contributed by atoms with E-state index < -0.39 is 0 Å². The first-order chi connectivity index (χ1) is 9.69. The van der Waals surface area contributed by atoms with Crippen molar-refractivity contribution in [2.45, 2.75) is 13.8 Å². The van der Waals surface area contributed by atoms with Gasteiger partial charge in [0.15, 0.2) is 0 Å². The first kappa shape index (κ1) is 12.5. The Kier molecular flexibility index (Phi) is 3.06. The number of imidazole rings is 1. The fraction of sp³-hybridized carbons (Fsp3) is 0.188. The number of aryl methyl sites for hydroxylation is 1. The van der Waals surface area contributed by atoms with Crippen molar-refractivity contribution in [2.75, 3.05) is 12.3 Å². The molecule has 20 heavy (non-hydrogen) atoms. The molecule has 0 radical (unpaired) electrons. The van der Waals surface area contributed by atoms with E-state index in [2.05, 4.69) is 4.98 Å². The van der Waals surface area contributed by atoms with E-state index in [1.165, 1.54) is 0 Å². The van der Waals surface area contributed by atoms with Crippen LogP contribution in [0.4, 0.5) is 5.82 Å². The highest BCUT2D eigenvalue weighted by Crippen LogP contribution is 2.29. The Morgan fingerprint density at radius 3 is 2.90 bits per heavy atom. The highest BCUT2D eigenvalue weighted by molar-refractivity contribution is 5.75. The van der Waals surface area contributed by atoms with E-state index in [1.807, 2.05) is 60.8 Å². The first-order valence-corrected chi connectivity index (χ1v) is 6.66. The fourth-order valence-corrected chi connectivity index (χ4v) is 2.28. The standard InChI is InChI=1S/C16H17N3O/c1-3-20-13-6-4-5-12(10-13)15-16(17)19-8-7-11(2)9-14(19)18-15/h4-10H,3,17H2,1-2H3. The number of aromatic nitrogens is 2. The van der Waals surface area contributed by atoms with Crippen LogP contribution in [0.2, 0.25) is 0 Å². The lowest BCUT2D eigenvalue weighted by molar-refractivity contribution is 0.340. The number of nitrogens with zero attached hydrogens (tertiary/aromatic N) is 2. The molecule has 102 valence electrons. The maximum absolute atomic E-state index is 6.20. The van der Waals surface area contributed by atoms with E-state index in [0.29, 0.717) is 12.4 Å². The Bertz CT molecular complexity index is 762. The lowest BCUT2D eigenvalue weighted by atomic mass is 10.1. The van der Waals surface area contributed by atoms with Gasteiger partial charge in [-0.05, 0) is 43.7 Å². The van der Waals surface area contributed by atoms with E-state index in [-0.39, 0.29) is 0 Å². The van der Waals surface area contributed by atoms with E-state index in [9.17, 15) is 0 Å². The van der Waals surface area contributed by atoms with Crippen molar-refractivity contribution in [3.05, 3.63) is 48.2 Å². The zero-order chi connectivity index (χ0) is 14.1. The highest BCUT2D eigenvalue weighted by atomic mass is 16.5. The Morgan fingerprint density at radius 1 is 1.25 bits per heavy atom. The summed E-state index contributed by atoms with van der Waals surface area (Å²) in [5.74, 6) is 1.48. The smallest absolute Gasteiger partial charge is 0.139 e. The average Bonchev–Trinajstić information content (AvgIpc) is 2.76. The first-order valence-electron chi connectivity index (χ1n) is 6.66. The summed E-state index contributed by atoms with van der Waals surface area (Å²) in [6, 6.07) is 11.9. The van der Waals surface area contributed by atoms with E-state index in [1.54, 1.807) is 0 Å². The number of hydrogen-bond acceptors (Lipinski definition) is 3. The Labute approximate surface area is 117 Å². The molecule has 0 fully saturated rings. The third-order valence-corrected chi connectivity index (χ3v) is 3.24. The van der Waals surface area contributed by atoms with Crippen molar-refractivity contribution < 1.29 is 4.74 Å². The van der Waals surface area contributed by atoms with Gasteiger partial charge in [0.1, 0.15) is 22.9 Å². The zero-order valence-electron chi connectivity index (χ0n) is 11.6. The average molecular weight is 267 g/mol. The van der Waals surface area contributed by atoms with Crippen LogP contribution < -0.4 is 10.5 Å². The number of anilines is 1. The second-order valence-corrected chi connectivity index (χ2v) is 4.74. The van der Waals surface area contributed by atoms with Crippen LogP contribution in [0.25, 0.3) is 16.9 Å². The summed E-state index contributed by atoms with van der Waals surface area (Å²) in [5.41, 5.74) is 9.99. The molecule has 0 aliphatic carbocycles. The predicted octanol–water partition coefficient (Wildman–Crippen LogP) is 3.29. The SMILES string of the molecule is CCOc1cccc(-c2nc3cc(C)ccn3c2N)c1. The summed E-state index contributed by atoms with van der Waals surface area (Å²) >= 11 is 0. The van der Waals surface area contributed by atoms with Crippen LogP contribution in [-0.2, 0) is 0 Å². The van der Waals surface area contributed by atoms with Gasteiger partial charge in [0.05, 0.1) is 6.61 Å². The molecule has 2 aromatic heterocycles. The minimum absolute atomic E-state index is 0.642. The van der Waals surface area contributed by atoms with Crippen LogP contribution in [0.15, 0.2) is 42.6 Å². The fourth-order valence-electron chi connectivity index (χ4n) is 2.28. The molecule has 0 unspecified atom stereocenters. The molecule has 2 N–H and O–H groups in total. The molecule has 0 atom stereocenters. The topological polar surface area (TPSA) is 52.5 Å². The lowest BCUT2D eigenvalue weighted by Gasteiger charge is -2.05. The number of fused-ring (bicyclic) bond motifs is 1. The van der Waals surface area contributed by atoms with Gasteiger partial charge in [-0.25, -0.2) is 4.98 Å². The predicted molar refractivity (Wildman–Crippen MR) is 80.9 cm³/mol. The minimum atomic E-state index is 0.642. The molecule has 0 saturated heterocycles. The van der Waals surface area contributed by atoms with Gasteiger partial charge in [0, 0.05) is 11.8 Å². The van der Waals surface area contributed by atoms with Crippen molar-refractivity contribution in [3.63, 3.8) is 0 Å². The maximum atomic E-state index is 6.20. The Hall–Kier alpha value is -2.49. The summed E-state index contributed by atoms with van der Waals surface area (Å²) in [5, 5.41) is 0. The summed E-state index contributed by atoms with van der Waals surface area (Å²) in [6.07, 6.45) is 1.95. The molecule has 1 aromatic carbocycles. The number of nitrogens with two attached hydrogens (primary N) is 1. The van der Waals surface area contributed by atoms with Gasteiger partial charge >= 0.3 is 0 Å². The van der Waals surface area contributed by atoms with E-state index >= 15 is 0 Å². The van der Waals surface area contributed by atoms with Crippen LogP contribution >= 0.6 is 0 Å². The molecule has 3 rings (SSSR count). The van der Waals surface area contributed by atoms with Gasteiger partial charge in [0.2, 0.25) is 0 Å². The van der Waals surface area contributed by atoms with Crippen LogP contribution in [-0.4, -0.2) is 16.0 Å². The van der Waals surface area contributed by atoms with Crippen molar-refractivity contribution in [3.8, 4) is 17.0 Å². The van der Waals surface area contributed by atoms with Gasteiger partial charge in [-0.3, -0.25) is 4.40 Å². The molecule has 0 amide bonds. The third kappa shape index (κ3) is 2.09. The quantitative estimate of drug-likeness (QED) is 0.792. The summed E-state index contributed by atoms with van der Waals surface area (Å²) in [7, 11) is 0. The van der Waals surface area contributed by atoms with Gasteiger partial charge in [-0.1, -0.05) is 12.1 Å². The lowest BCUT2D eigenvalue weighted by Crippen LogP contribution is -1.95. The molecule has 2 heterocycles. The van der Waals surface area contributed by atoms with Crippen LogP contribution in [0.1, 0.15) is 12.5 Å². The number of ether oxygens (including phenoxy) is 1. The molecule has 0 aliphatic rings. The Morgan fingerprint density at radius 2 is 2.10 bits per heavy atom. The van der Waals surface area contributed by atoms with Crippen molar-refractivity contribution in [2.24, 2.45) is 0 Å². The van der Waals surface area contributed by atoms with Crippen molar-refractivity contribution in [1.82, 2.24) is 9.38 Å². The second-order valence-electron chi connectivity index (χ2n) is 4.74. The Balaban J connectivity index is 2.14. The normalized spacial score (nSPS) is 10.9. The van der Waals surface area contributed by atoms with E-state index in [0.717, 1.165) is 28.2 Å². The molecule has 0 saturated carbocycles. The summed E-state index contributed by atoms with van der Waals surface area (Å²) < 4.78 is 7.42.